The number of benzene rings is 3. The molecule has 0 amide bonds. The first-order chi connectivity index (χ1) is 25.1. The maximum absolute atomic E-state index is 11.7. The summed E-state index contributed by atoms with van der Waals surface area (Å²) in [6.45, 7) is 23.8. The van der Waals surface area contributed by atoms with Gasteiger partial charge in [-0.05, 0) is 72.6 Å². The number of aryl methyl sites for hydroxylation is 1. The third-order valence-electron chi connectivity index (χ3n) is 10.4. The first kappa shape index (κ1) is 43.2. The Morgan fingerprint density at radius 2 is 1.50 bits per heavy atom. The van der Waals surface area contributed by atoms with Crippen molar-refractivity contribution in [3.8, 4) is 22.6 Å². The van der Waals surface area contributed by atoms with Crippen LogP contribution in [0.2, 0.25) is 0 Å². The normalized spacial score (nSPS) is 12.4. The van der Waals surface area contributed by atoms with Crippen molar-refractivity contribution in [3.05, 3.63) is 102 Å². The van der Waals surface area contributed by atoms with E-state index in [4.69, 9.17) is 9.40 Å². The minimum Gasteiger partial charge on any atom is -0.512 e. The van der Waals surface area contributed by atoms with Crippen LogP contribution in [0.4, 0.5) is 0 Å². The fourth-order valence-corrected chi connectivity index (χ4v) is 8.56. The van der Waals surface area contributed by atoms with E-state index in [2.05, 4.69) is 115 Å². The van der Waals surface area contributed by atoms with Crippen LogP contribution >= 0.6 is 11.3 Å². The molecule has 6 aromatic rings. The zero-order valence-corrected chi connectivity index (χ0v) is 37.3. The number of nitrogens with zero attached hydrogens (tertiary/aromatic N) is 1. The summed E-state index contributed by atoms with van der Waals surface area (Å²) in [7, 11) is 0. The minimum absolute atomic E-state index is 0. The number of aromatic nitrogens is 1. The predicted octanol–water partition coefficient (Wildman–Crippen LogP) is 14.4. The van der Waals surface area contributed by atoms with Crippen LogP contribution in [0.3, 0.4) is 0 Å². The number of ketones is 1. The van der Waals surface area contributed by atoms with Gasteiger partial charge in [0.15, 0.2) is 5.78 Å². The Kier molecular flexibility index (Phi) is 14.3. The number of fused-ring (bicyclic) bond motifs is 4. The van der Waals surface area contributed by atoms with Crippen molar-refractivity contribution in [2.45, 2.75) is 114 Å². The second-order valence-electron chi connectivity index (χ2n) is 16.6. The maximum atomic E-state index is 11.7. The molecule has 6 rings (SSSR count). The Morgan fingerprint density at radius 3 is 2.13 bits per heavy atom. The number of rotatable bonds is 10. The first-order valence-electron chi connectivity index (χ1n) is 19.4. The molecule has 0 bridgehead atoms. The fourth-order valence-electron chi connectivity index (χ4n) is 7.26. The molecule has 0 aliphatic rings. The zero-order valence-electron chi connectivity index (χ0n) is 34.1. The molecule has 0 unspecified atom stereocenters. The number of hydrogen-bond acceptors (Lipinski definition) is 5. The molecule has 0 aliphatic heterocycles. The Morgan fingerprint density at radius 1 is 0.852 bits per heavy atom. The zero-order chi connectivity index (χ0) is 38.7. The van der Waals surface area contributed by atoms with Crippen molar-refractivity contribution < 1.29 is 34.4 Å². The van der Waals surface area contributed by atoms with Crippen LogP contribution in [0.1, 0.15) is 112 Å². The minimum atomic E-state index is 0. The Bertz CT molecular complexity index is 2240. The van der Waals surface area contributed by atoms with Crippen molar-refractivity contribution in [1.29, 1.82) is 0 Å². The molecule has 0 fully saturated rings. The number of carbonyl (C=O) groups excluding carboxylic acids is 1. The number of pyridine rings is 1. The summed E-state index contributed by atoms with van der Waals surface area (Å²) in [5.41, 5.74) is 6.00. The van der Waals surface area contributed by atoms with Crippen LogP contribution in [-0.2, 0) is 36.7 Å². The molecule has 3 aromatic heterocycles. The van der Waals surface area contributed by atoms with E-state index in [9.17, 15) is 9.90 Å². The second kappa shape index (κ2) is 17.9. The van der Waals surface area contributed by atoms with Gasteiger partial charge >= 0.3 is 0 Å². The number of furan rings is 1. The molecule has 0 atom stereocenters. The fraction of sp³-hybridized carbons (Fsp3) is 0.417. The van der Waals surface area contributed by atoms with Crippen molar-refractivity contribution in [2.75, 3.05) is 0 Å². The van der Waals surface area contributed by atoms with Gasteiger partial charge in [-0.15, -0.1) is 40.5 Å². The largest absolute Gasteiger partial charge is 0.512 e. The van der Waals surface area contributed by atoms with Crippen LogP contribution in [-0.4, -0.2) is 15.9 Å². The number of carbonyl (C=O) groups is 1. The van der Waals surface area contributed by atoms with Gasteiger partial charge in [-0.25, -0.2) is 0 Å². The monoisotopic (exact) mass is 921 g/mol. The molecule has 6 heteroatoms. The quantitative estimate of drug-likeness (QED) is 0.0845. The van der Waals surface area contributed by atoms with Gasteiger partial charge in [-0.1, -0.05) is 111 Å². The SMILES string of the molecule is CCC(CC)C(=O)/C=C(\O)C(CC)CC.Cc1c(-c2ccc(CC(C)(C)C)o2)ccc2c1sc1c(-c3[c-]c4ccccc4c(C(C)(C)C)c3)nccc12.[Ir]. The summed E-state index contributed by atoms with van der Waals surface area (Å²) >= 11 is 1.83. The van der Waals surface area contributed by atoms with Gasteiger partial charge in [0.05, 0.1) is 5.76 Å². The third kappa shape index (κ3) is 9.62. The van der Waals surface area contributed by atoms with Crippen LogP contribution in [0, 0.1) is 30.2 Å². The summed E-state index contributed by atoms with van der Waals surface area (Å²) < 4.78 is 8.82. The molecular weight excluding hydrogens is 863 g/mol. The molecule has 1 radical (unpaired) electrons. The van der Waals surface area contributed by atoms with Crippen molar-refractivity contribution in [1.82, 2.24) is 4.98 Å². The van der Waals surface area contributed by atoms with Crippen molar-refractivity contribution in [2.24, 2.45) is 17.3 Å². The van der Waals surface area contributed by atoms with Gasteiger partial charge in [0, 0.05) is 76.7 Å². The van der Waals surface area contributed by atoms with E-state index in [-0.39, 0.29) is 54.3 Å². The van der Waals surface area contributed by atoms with Crippen molar-refractivity contribution in [3.63, 3.8) is 0 Å². The van der Waals surface area contributed by atoms with E-state index in [0.717, 1.165) is 65.8 Å². The third-order valence-corrected chi connectivity index (χ3v) is 11.7. The summed E-state index contributed by atoms with van der Waals surface area (Å²) in [5.74, 6) is 2.53. The van der Waals surface area contributed by atoms with Gasteiger partial charge < -0.3 is 9.52 Å². The summed E-state index contributed by atoms with van der Waals surface area (Å²) in [6.07, 6.45) is 7.77. The molecule has 3 aromatic carbocycles. The van der Waals surface area contributed by atoms with E-state index in [1.807, 2.05) is 45.2 Å². The van der Waals surface area contributed by atoms with E-state index in [1.54, 1.807) is 0 Å². The Labute approximate surface area is 340 Å². The molecule has 54 heavy (non-hydrogen) atoms. The van der Waals surface area contributed by atoms with Crippen LogP contribution in [0.25, 0.3) is 53.5 Å². The number of aliphatic hydroxyl groups excluding tert-OH is 1. The van der Waals surface area contributed by atoms with Crippen LogP contribution < -0.4 is 0 Å². The number of thiophene rings is 1. The van der Waals surface area contributed by atoms with Crippen LogP contribution in [0.15, 0.2) is 83.1 Å². The number of hydrogen-bond donors (Lipinski definition) is 1. The van der Waals surface area contributed by atoms with E-state index >= 15 is 0 Å². The molecule has 289 valence electrons. The molecule has 1 N–H and O–H groups in total. The average molecular weight is 921 g/mol. The Balaban J connectivity index is 0.000000347. The van der Waals surface area contributed by atoms with Crippen molar-refractivity contribution >= 4 is 48.1 Å². The molecule has 0 aliphatic carbocycles. The molecule has 0 spiro atoms. The summed E-state index contributed by atoms with van der Waals surface area (Å²) in [6, 6.07) is 25.4. The van der Waals surface area contributed by atoms with Gasteiger partial charge in [-0.3, -0.25) is 9.78 Å². The smallest absolute Gasteiger partial charge is 0.162 e. The average Bonchev–Trinajstić information content (AvgIpc) is 3.73. The number of aliphatic hydroxyl groups is 1. The molecule has 3 heterocycles. The summed E-state index contributed by atoms with van der Waals surface area (Å²) in [4.78, 5) is 16.6. The Hall–Kier alpha value is -3.57. The number of allylic oxidation sites excluding steroid dienone is 2. The topological polar surface area (TPSA) is 63.3 Å². The molecule has 4 nitrogen and oxygen atoms in total. The summed E-state index contributed by atoms with van der Waals surface area (Å²) in [5, 5.41) is 14.7. The second-order valence-corrected chi connectivity index (χ2v) is 17.7. The van der Waals surface area contributed by atoms with E-state index < -0.39 is 0 Å². The standard InChI is InChI=1S/C35H34NOS.C13H24O2.Ir/c1-21-25(30-15-12-24(37-30)20-34(2,3)4)13-14-27-28-16-17-36-31(33(28)38-32(21)27)23-18-22-10-8-9-11-26(22)29(19-23)35(5,6)7;1-5-10(6-2)12(14)9-13(15)11(7-3)8-4;/h8-17,19H,20H2,1-7H3;9-11,14H,5-8H2,1-4H3;/q-1;;/b;12-9-;. The van der Waals surface area contributed by atoms with Crippen LogP contribution in [0.5, 0.6) is 0 Å². The van der Waals surface area contributed by atoms with Gasteiger partial charge in [0.2, 0.25) is 0 Å². The predicted molar refractivity (Wildman–Crippen MR) is 227 cm³/mol. The van der Waals surface area contributed by atoms with Gasteiger partial charge in [-0.2, -0.15) is 0 Å². The first-order valence-corrected chi connectivity index (χ1v) is 20.2. The van der Waals surface area contributed by atoms with E-state index in [1.165, 1.54) is 42.8 Å². The molecule has 0 saturated heterocycles. The maximum Gasteiger partial charge on any atom is 0.162 e. The van der Waals surface area contributed by atoms with Gasteiger partial charge in [0.1, 0.15) is 11.5 Å². The van der Waals surface area contributed by atoms with Gasteiger partial charge in [0.25, 0.3) is 0 Å². The molecular formula is C48H58IrNO3S-. The molecule has 0 saturated carbocycles. The van der Waals surface area contributed by atoms with E-state index in [0.29, 0.717) is 0 Å².